The largest absolute Gasteiger partial charge is 0.416 e. The molecule has 250 valence electrons. The van der Waals surface area contributed by atoms with Crippen molar-refractivity contribution in [1.29, 1.82) is 5.26 Å². The highest BCUT2D eigenvalue weighted by Crippen LogP contribution is 2.44. The van der Waals surface area contributed by atoms with Crippen LogP contribution in [0.5, 0.6) is 0 Å². The SMILES string of the molecule is CCN1C(=O)[C@@H](NC(=O)c2cccc(C(F)(F)F)c2)[C@@H](c2ccc(F)cc2)c2c(CN(C#N)CCCN(C)C)nn(-c3ccccc3)c21. The van der Waals surface area contributed by atoms with E-state index in [4.69, 9.17) is 5.10 Å². The molecular formula is C35H35F4N7O2. The third-order valence-electron chi connectivity index (χ3n) is 8.21. The Hall–Kier alpha value is -5.22. The summed E-state index contributed by atoms with van der Waals surface area (Å²) in [6.07, 6.45) is -1.75. The van der Waals surface area contributed by atoms with Gasteiger partial charge in [-0.3, -0.25) is 14.5 Å². The Morgan fingerprint density at radius 1 is 1.02 bits per heavy atom. The molecule has 0 saturated carbocycles. The van der Waals surface area contributed by atoms with E-state index in [2.05, 4.69) is 11.5 Å². The second-order valence-corrected chi connectivity index (χ2v) is 11.8. The van der Waals surface area contributed by atoms with Crippen LogP contribution in [-0.4, -0.2) is 71.2 Å². The van der Waals surface area contributed by atoms with Crippen LogP contribution in [0.4, 0.5) is 23.4 Å². The molecule has 2 atom stereocenters. The summed E-state index contributed by atoms with van der Waals surface area (Å²) in [7, 11) is 3.87. The van der Waals surface area contributed by atoms with E-state index in [-0.39, 0.29) is 18.7 Å². The molecule has 0 fully saturated rings. The number of amides is 2. The Kier molecular flexibility index (Phi) is 10.1. The summed E-state index contributed by atoms with van der Waals surface area (Å²) in [5, 5.41) is 17.7. The lowest BCUT2D eigenvalue weighted by atomic mass is 9.80. The van der Waals surface area contributed by atoms with Crippen molar-refractivity contribution in [3.05, 3.63) is 113 Å². The molecule has 1 aliphatic heterocycles. The number of fused-ring (bicyclic) bond motifs is 1. The number of para-hydroxylation sites is 1. The molecule has 5 rings (SSSR count). The van der Waals surface area contributed by atoms with Crippen molar-refractivity contribution in [2.75, 3.05) is 38.6 Å². The molecule has 13 heteroatoms. The van der Waals surface area contributed by atoms with Gasteiger partial charge in [0.2, 0.25) is 0 Å². The first-order chi connectivity index (χ1) is 22.9. The number of nitriles is 1. The van der Waals surface area contributed by atoms with Gasteiger partial charge in [0.25, 0.3) is 11.8 Å². The summed E-state index contributed by atoms with van der Waals surface area (Å²) in [6.45, 7) is 3.17. The smallest absolute Gasteiger partial charge is 0.339 e. The van der Waals surface area contributed by atoms with E-state index in [0.29, 0.717) is 41.3 Å². The van der Waals surface area contributed by atoms with Crippen LogP contribution in [0.25, 0.3) is 5.69 Å². The Balaban J connectivity index is 1.68. The molecule has 4 aromatic rings. The average Bonchev–Trinajstić information content (AvgIpc) is 3.43. The fourth-order valence-electron chi connectivity index (χ4n) is 5.96. The molecule has 0 radical (unpaired) electrons. The van der Waals surface area contributed by atoms with Crippen molar-refractivity contribution in [3.8, 4) is 11.9 Å². The molecule has 0 bridgehead atoms. The number of rotatable bonds is 11. The van der Waals surface area contributed by atoms with Crippen LogP contribution in [0.2, 0.25) is 0 Å². The molecule has 1 aliphatic rings. The van der Waals surface area contributed by atoms with Crippen LogP contribution in [0.15, 0.2) is 78.9 Å². The van der Waals surface area contributed by atoms with E-state index in [1.807, 2.05) is 49.3 Å². The second kappa shape index (κ2) is 14.3. The third-order valence-corrected chi connectivity index (χ3v) is 8.21. The minimum atomic E-state index is -4.68. The number of hydrogen-bond donors (Lipinski definition) is 1. The molecule has 0 saturated heterocycles. The van der Waals surface area contributed by atoms with E-state index >= 15 is 0 Å². The van der Waals surface area contributed by atoms with Gasteiger partial charge < -0.3 is 15.1 Å². The summed E-state index contributed by atoms with van der Waals surface area (Å²) < 4.78 is 56.3. The first-order valence-electron chi connectivity index (χ1n) is 15.4. The normalized spacial score (nSPS) is 16.1. The van der Waals surface area contributed by atoms with Gasteiger partial charge in [-0.15, -0.1) is 0 Å². The van der Waals surface area contributed by atoms with Gasteiger partial charge in [-0.25, -0.2) is 9.07 Å². The summed E-state index contributed by atoms with van der Waals surface area (Å²) in [5.41, 5.74) is 0.830. The molecule has 1 aromatic heterocycles. The van der Waals surface area contributed by atoms with Gasteiger partial charge in [0.15, 0.2) is 6.19 Å². The predicted molar refractivity (Wildman–Crippen MR) is 172 cm³/mol. The van der Waals surface area contributed by atoms with Crippen LogP contribution < -0.4 is 10.2 Å². The van der Waals surface area contributed by atoms with Gasteiger partial charge in [-0.05, 0) is 82.0 Å². The number of halogens is 4. The number of aromatic nitrogens is 2. The van der Waals surface area contributed by atoms with E-state index in [1.54, 1.807) is 16.5 Å². The van der Waals surface area contributed by atoms with Crippen molar-refractivity contribution in [3.63, 3.8) is 0 Å². The highest BCUT2D eigenvalue weighted by atomic mass is 19.4. The Bertz CT molecular complexity index is 1800. The lowest BCUT2D eigenvalue weighted by Gasteiger charge is -2.38. The van der Waals surface area contributed by atoms with E-state index < -0.39 is 41.3 Å². The zero-order valence-corrected chi connectivity index (χ0v) is 26.7. The highest BCUT2D eigenvalue weighted by molar-refractivity contribution is 6.05. The van der Waals surface area contributed by atoms with E-state index in [1.165, 1.54) is 35.2 Å². The molecule has 2 amide bonds. The van der Waals surface area contributed by atoms with E-state index in [0.717, 1.165) is 24.7 Å². The number of nitrogens with zero attached hydrogens (tertiary/aromatic N) is 6. The molecule has 1 N–H and O–H groups in total. The monoisotopic (exact) mass is 661 g/mol. The van der Waals surface area contributed by atoms with Gasteiger partial charge in [0, 0.05) is 30.1 Å². The number of alkyl halides is 3. The van der Waals surface area contributed by atoms with Crippen LogP contribution in [0.3, 0.4) is 0 Å². The number of anilines is 1. The van der Waals surface area contributed by atoms with Gasteiger partial charge in [0.1, 0.15) is 17.7 Å². The molecule has 9 nitrogen and oxygen atoms in total. The topological polar surface area (TPSA) is 97.5 Å². The quantitative estimate of drug-likeness (QED) is 0.129. The summed E-state index contributed by atoms with van der Waals surface area (Å²) >= 11 is 0. The lowest BCUT2D eigenvalue weighted by Crippen LogP contribution is -2.55. The second-order valence-electron chi connectivity index (χ2n) is 11.8. The average molecular weight is 662 g/mol. The number of carbonyl (C=O) groups is 2. The summed E-state index contributed by atoms with van der Waals surface area (Å²) in [5.74, 6) is -2.43. The minimum absolute atomic E-state index is 0.0732. The molecule has 0 unspecified atom stereocenters. The van der Waals surface area contributed by atoms with Crippen molar-refractivity contribution < 1.29 is 27.2 Å². The van der Waals surface area contributed by atoms with Gasteiger partial charge in [0.05, 0.1) is 23.5 Å². The zero-order chi connectivity index (χ0) is 34.6. The minimum Gasteiger partial charge on any atom is -0.339 e. The number of likely N-dealkylation sites (N-methyl/N-ethyl adjacent to an activating group) is 1. The standard InChI is InChI=1S/C35H35F4N7O2/c1-4-45-33-30(28(21-44(22-40)19-9-18-43(2)3)42-46(33)27-12-6-5-7-13-27)29(23-14-16-26(36)17-15-23)31(34(45)48)41-32(47)24-10-8-11-25(20-24)35(37,38)39/h5-8,10-17,20,29,31H,4,9,18-19,21H2,1-3H3,(H,41,47)/t29-,31-/m0/s1. The highest BCUT2D eigenvalue weighted by Gasteiger charge is 2.46. The first-order valence-corrected chi connectivity index (χ1v) is 15.4. The maximum absolute atomic E-state index is 14.4. The van der Waals surface area contributed by atoms with Crippen LogP contribution >= 0.6 is 0 Å². The Labute approximate surface area is 276 Å². The molecular weight excluding hydrogens is 626 g/mol. The van der Waals surface area contributed by atoms with Gasteiger partial charge in [-0.1, -0.05) is 36.4 Å². The fourth-order valence-corrected chi connectivity index (χ4v) is 5.96. The maximum Gasteiger partial charge on any atom is 0.416 e. The Morgan fingerprint density at radius 2 is 1.73 bits per heavy atom. The molecule has 0 aliphatic carbocycles. The fraction of sp³-hybridized carbons (Fsp3) is 0.314. The number of hydrogen-bond acceptors (Lipinski definition) is 6. The zero-order valence-electron chi connectivity index (χ0n) is 26.7. The molecule has 2 heterocycles. The number of nitrogens with one attached hydrogen (secondary N) is 1. The third kappa shape index (κ3) is 7.18. The summed E-state index contributed by atoms with van der Waals surface area (Å²) in [4.78, 5) is 33.0. The summed E-state index contributed by atoms with van der Waals surface area (Å²) in [6, 6.07) is 17.3. The van der Waals surface area contributed by atoms with Crippen molar-refractivity contribution in [1.82, 2.24) is 24.9 Å². The Morgan fingerprint density at radius 3 is 2.35 bits per heavy atom. The van der Waals surface area contributed by atoms with Crippen LogP contribution in [0.1, 0.15) is 52.0 Å². The molecule has 0 spiro atoms. The van der Waals surface area contributed by atoms with Crippen molar-refractivity contribution in [2.45, 2.75) is 38.0 Å². The maximum atomic E-state index is 14.4. The van der Waals surface area contributed by atoms with Crippen LogP contribution in [-0.2, 0) is 17.5 Å². The van der Waals surface area contributed by atoms with Crippen molar-refractivity contribution in [2.24, 2.45) is 0 Å². The van der Waals surface area contributed by atoms with Gasteiger partial charge in [-0.2, -0.15) is 23.5 Å². The van der Waals surface area contributed by atoms with Gasteiger partial charge >= 0.3 is 6.18 Å². The number of carbonyl (C=O) groups excluding carboxylic acids is 2. The van der Waals surface area contributed by atoms with Crippen LogP contribution in [0, 0.1) is 17.3 Å². The lowest BCUT2D eigenvalue weighted by molar-refractivity contribution is -0.137. The molecule has 3 aromatic carbocycles. The first kappa shape index (κ1) is 34.1. The van der Waals surface area contributed by atoms with E-state index in [9.17, 15) is 32.4 Å². The number of benzene rings is 3. The predicted octanol–water partition coefficient (Wildman–Crippen LogP) is 5.56. The van der Waals surface area contributed by atoms with Crippen molar-refractivity contribution >= 4 is 17.6 Å². The molecule has 48 heavy (non-hydrogen) atoms.